The third-order valence-electron chi connectivity index (χ3n) is 2.53. The van der Waals surface area contributed by atoms with E-state index < -0.39 is 5.97 Å². The summed E-state index contributed by atoms with van der Waals surface area (Å²) in [5.41, 5.74) is 7.18. The second-order valence-electron chi connectivity index (χ2n) is 4.06. The van der Waals surface area contributed by atoms with E-state index in [1.807, 2.05) is 0 Å². The van der Waals surface area contributed by atoms with Crippen molar-refractivity contribution in [3.05, 3.63) is 22.7 Å². The van der Waals surface area contributed by atoms with Gasteiger partial charge in [-0.15, -0.1) is 0 Å². The molecule has 0 spiro atoms. The van der Waals surface area contributed by atoms with Crippen LogP contribution in [0.2, 0.25) is 5.02 Å². The van der Waals surface area contributed by atoms with E-state index in [1.165, 1.54) is 0 Å². The van der Waals surface area contributed by atoms with Gasteiger partial charge in [-0.3, -0.25) is 0 Å². The minimum absolute atomic E-state index is 0.328. The molecule has 0 atom stereocenters. The number of halogens is 1. The van der Waals surface area contributed by atoms with Gasteiger partial charge in [0.05, 0.1) is 22.9 Å². The number of carbonyl (C=O) groups is 1. The molecular formula is C12H15ClN2O2. The molecule has 17 heavy (non-hydrogen) atoms. The minimum atomic E-state index is -0.398. The highest BCUT2D eigenvalue weighted by molar-refractivity contribution is 6.34. The maximum absolute atomic E-state index is 11.8. The van der Waals surface area contributed by atoms with Gasteiger partial charge in [-0.1, -0.05) is 11.6 Å². The first-order valence-electron chi connectivity index (χ1n) is 5.64. The van der Waals surface area contributed by atoms with Gasteiger partial charge in [0.1, 0.15) is 0 Å². The number of hydrogen-bond donors (Lipinski definition) is 2. The van der Waals surface area contributed by atoms with E-state index in [0.29, 0.717) is 34.6 Å². The summed E-state index contributed by atoms with van der Waals surface area (Å²) in [5.74, 6) is -0.398. The largest absolute Gasteiger partial charge is 0.462 e. The fraction of sp³-hybridized carbons (Fsp3) is 0.417. The van der Waals surface area contributed by atoms with Crippen LogP contribution >= 0.6 is 11.6 Å². The van der Waals surface area contributed by atoms with Crippen molar-refractivity contribution in [3.8, 4) is 0 Å². The van der Waals surface area contributed by atoms with Crippen LogP contribution in [0.25, 0.3) is 0 Å². The van der Waals surface area contributed by atoms with Gasteiger partial charge in [-0.25, -0.2) is 4.79 Å². The quantitative estimate of drug-likeness (QED) is 0.641. The standard InChI is InChI=1S/C12H15ClN2O2/c1-2-17-12(16)9-5-7(14)6-10(13)11(9)15-8-3-4-8/h5-6,8,15H,2-4,14H2,1H3. The molecule has 4 nitrogen and oxygen atoms in total. The van der Waals surface area contributed by atoms with E-state index in [1.54, 1.807) is 19.1 Å². The van der Waals surface area contributed by atoms with Crippen molar-refractivity contribution in [3.63, 3.8) is 0 Å². The molecule has 2 rings (SSSR count). The van der Waals surface area contributed by atoms with Crippen LogP contribution in [0.1, 0.15) is 30.1 Å². The van der Waals surface area contributed by atoms with Gasteiger partial charge >= 0.3 is 5.97 Å². The van der Waals surface area contributed by atoms with Gasteiger partial charge < -0.3 is 15.8 Å². The molecule has 0 radical (unpaired) electrons. The first kappa shape index (κ1) is 12.0. The van der Waals surface area contributed by atoms with Gasteiger partial charge in [-0.2, -0.15) is 0 Å². The zero-order chi connectivity index (χ0) is 12.4. The molecule has 1 aliphatic rings. The number of nitrogens with one attached hydrogen (secondary N) is 1. The molecule has 1 aromatic carbocycles. The van der Waals surface area contributed by atoms with E-state index in [4.69, 9.17) is 22.1 Å². The van der Waals surface area contributed by atoms with Crippen molar-refractivity contribution in [2.75, 3.05) is 17.7 Å². The average Bonchev–Trinajstić information content (AvgIpc) is 3.05. The molecule has 92 valence electrons. The molecule has 0 amide bonds. The van der Waals surface area contributed by atoms with Crippen LogP contribution in [0.15, 0.2) is 12.1 Å². The van der Waals surface area contributed by atoms with E-state index in [0.717, 1.165) is 12.8 Å². The van der Waals surface area contributed by atoms with Crippen molar-refractivity contribution in [2.24, 2.45) is 0 Å². The van der Waals surface area contributed by atoms with Crippen molar-refractivity contribution in [1.82, 2.24) is 0 Å². The maximum Gasteiger partial charge on any atom is 0.340 e. The predicted octanol–water partition coefficient (Wildman–Crippen LogP) is 2.67. The third kappa shape index (κ3) is 2.82. The molecule has 1 saturated carbocycles. The molecule has 0 heterocycles. The second kappa shape index (κ2) is 4.84. The Balaban J connectivity index is 2.34. The lowest BCUT2D eigenvalue weighted by Gasteiger charge is -2.13. The lowest BCUT2D eigenvalue weighted by atomic mass is 10.1. The Morgan fingerprint density at radius 2 is 2.29 bits per heavy atom. The lowest BCUT2D eigenvalue weighted by molar-refractivity contribution is 0.0527. The molecule has 0 aromatic heterocycles. The number of carbonyl (C=O) groups excluding carboxylic acids is 1. The monoisotopic (exact) mass is 254 g/mol. The summed E-state index contributed by atoms with van der Waals surface area (Å²) >= 11 is 6.10. The smallest absolute Gasteiger partial charge is 0.340 e. The van der Waals surface area contributed by atoms with E-state index in [9.17, 15) is 4.79 Å². The summed E-state index contributed by atoms with van der Waals surface area (Å²) in [6, 6.07) is 3.63. The van der Waals surface area contributed by atoms with Crippen LogP contribution in [0.4, 0.5) is 11.4 Å². The minimum Gasteiger partial charge on any atom is -0.462 e. The fourth-order valence-electron chi connectivity index (χ4n) is 1.58. The number of esters is 1. The second-order valence-corrected chi connectivity index (χ2v) is 4.47. The Bertz CT molecular complexity index is 444. The first-order valence-corrected chi connectivity index (χ1v) is 6.02. The normalized spacial score (nSPS) is 14.5. The highest BCUT2D eigenvalue weighted by atomic mass is 35.5. The maximum atomic E-state index is 11.8. The number of benzene rings is 1. The van der Waals surface area contributed by atoms with Gasteiger partial charge in [0.15, 0.2) is 0 Å². The van der Waals surface area contributed by atoms with Crippen LogP contribution in [0.3, 0.4) is 0 Å². The van der Waals surface area contributed by atoms with Crippen LogP contribution in [-0.2, 0) is 4.74 Å². The van der Waals surface area contributed by atoms with Crippen LogP contribution in [0, 0.1) is 0 Å². The lowest BCUT2D eigenvalue weighted by Crippen LogP contribution is -2.12. The third-order valence-corrected chi connectivity index (χ3v) is 2.83. The summed E-state index contributed by atoms with van der Waals surface area (Å²) in [5, 5.41) is 3.69. The first-order chi connectivity index (χ1) is 8.11. The van der Waals surface area contributed by atoms with E-state index in [-0.39, 0.29) is 0 Å². The van der Waals surface area contributed by atoms with Gasteiger partial charge in [0.2, 0.25) is 0 Å². The summed E-state index contributed by atoms with van der Waals surface area (Å²) in [4.78, 5) is 11.8. The SMILES string of the molecule is CCOC(=O)c1cc(N)cc(Cl)c1NC1CC1. The zero-order valence-corrected chi connectivity index (χ0v) is 10.4. The number of anilines is 2. The summed E-state index contributed by atoms with van der Waals surface area (Å²) in [6.45, 7) is 2.09. The van der Waals surface area contributed by atoms with Crippen molar-refractivity contribution in [2.45, 2.75) is 25.8 Å². The summed E-state index contributed by atoms with van der Waals surface area (Å²) in [7, 11) is 0. The number of hydrogen-bond acceptors (Lipinski definition) is 4. The Hall–Kier alpha value is -1.42. The molecule has 0 unspecified atom stereocenters. The highest BCUT2D eigenvalue weighted by Gasteiger charge is 2.25. The van der Waals surface area contributed by atoms with Gasteiger partial charge in [0, 0.05) is 11.7 Å². The van der Waals surface area contributed by atoms with Crippen LogP contribution in [0.5, 0.6) is 0 Å². The Kier molecular flexibility index (Phi) is 3.43. The van der Waals surface area contributed by atoms with Crippen molar-refractivity contribution in [1.29, 1.82) is 0 Å². The summed E-state index contributed by atoms with van der Waals surface area (Å²) < 4.78 is 4.99. The molecule has 0 aliphatic heterocycles. The molecule has 1 fully saturated rings. The number of rotatable bonds is 4. The molecule has 1 aliphatic carbocycles. The topological polar surface area (TPSA) is 64.3 Å². The number of ether oxygens (including phenoxy) is 1. The Labute approximate surface area is 105 Å². The highest BCUT2D eigenvalue weighted by Crippen LogP contribution is 2.34. The molecule has 3 N–H and O–H groups in total. The average molecular weight is 255 g/mol. The molecule has 0 saturated heterocycles. The van der Waals surface area contributed by atoms with Crippen molar-refractivity contribution < 1.29 is 9.53 Å². The summed E-state index contributed by atoms with van der Waals surface area (Å²) in [6.07, 6.45) is 2.20. The Morgan fingerprint density at radius 1 is 1.59 bits per heavy atom. The predicted molar refractivity (Wildman–Crippen MR) is 68.5 cm³/mol. The van der Waals surface area contributed by atoms with Crippen LogP contribution < -0.4 is 11.1 Å². The van der Waals surface area contributed by atoms with Gasteiger partial charge in [-0.05, 0) is 31.9 Å². The molecular weight excluding hydrogens is 240 g/mol. The Morgan fingerprint density at radius 3 is 2.88 bits per heavy atom. The fourth-order valence-corrected chi connectivity index (χ4v) is 1.86. The molecule has 5 heteroatoms. The number of nitrogens with two attached hydrogens (primary N) is 1. The van der Waals surface area contributed by atoms with Crippen LogP contribution in [-0.4, -0.2) is 18.6 Å². The van der Waals surface area contributed by atoms with Gasteiger partial charge in [0.25, 0.3) is 0 Å². The molecule has 1 aromatic rings. The zero-order valence-electron chi connectivity index (χ0n) is 9.63. The van der Waals surface area contributed by atoms with E-state index in [2.05, 4.69) is 5.32 Å². The molecule has 0 bridgehead atoms. The van der Waals surface area contributed by atoms with E-state index >= 15 is 0 Å². The number of nitrogen functional groups attached to an aromatic ring is 1. The van der Waals surface area contributed by atoms with Crippen molar-refractivity contribution >= 4 is 28.9 Å².